The number of carbonyl (C=O) groups excluding carboxylic acids is 2. The Morgan fingerprint density at radius 3 is 2.32 bits per heavy atom. The van der Waals surface area contributed by atoms with Crippen molar-refractivity contribution in [2.45, 2.75) is 13.3 Å². The molecule has 1 fully saturated rings. The first-order valence-corrected chi connectivity index (χ1v) is 8.40. The number of aryl methyl sites for hydroxylation is 1. The summed E-state index contributed by atoms with van der Waals surface area (Å²) in [4.78, 5) is 24.0. The second-order valence-corrected chi connectivity index (χ2v) is 6.80. The van der Waals surface area contributed by atoms with Crippen molar-refractivity contribution in [2.75, 3.05) is 5.32 Å². The Bertz CT molecular complexity index is 849. The van der Waals surface area contributed by atoms with Gasteiger partial charge in [0.15, 0.2) is 0 Å². The molecule has 2 bridgehead atoms. The van der Waals surface area contributed by atoms with Crippen molar-refractivity contribution in [1.82, 2.24) is 0 Å². The monoisotopic (exact) mass is 336 g/mol. The number of allylic oxidation sites excluding steroid dienone is 2. The van der Waals surface area contributed by atoms with Crippen LogP contribution in [0.25, 0.3) is 11.3 Å². The molecule has 1 aromatic heterocycles. The summed E-state index contributed by atoms with van der Waals surface area (Å²) in [6, 6.07) is 11.1. The number of hydrogen-bond acceptors (Lipinski definition) is 4. The lowest BCUT2D eigenvalue weighted by molar-refractivity contribution is -0.313. The number of nitrogens with one attached hydrogen (secondary N) is 1. The second kappa shape index (κ2) is 5.92. The quantitative estimate of drug-likeness (QED) is 0.869. The molecule has 2 aromatic rings. The standard InChI is InChI=1S/C20H19NO4/c1-11-2-9-16(25-11)12-5-7-15(8-6-12)21-19(22)17-13-3-4-14(10-13)18(17)20(23)24/h2-9,13-14,17-18H,10H2,1H3,(H,21,22)(H,23,24)/p-1/t13-,14+,17+,18-/m0/s1. The van der Waals surface area contributed by atoms with Gasteiger partial charge in [-0.25, -0.2) is 0 Å². The van der Waals surface area contributed by atoms with E-state index in [2.05, 4.69) is 5.32 Å². The van der Waals surface area contributed by atoms with Crippen LogP contribution in [-0.4, -0.2) is 11.9 Å². The zero-order valence-electron chi connectivity index (χ0n) is 13.8. The summed E-state index contributed by atoms with van der Waals surface area (Å²) in [6.07, 6.45) is 4.57. The Balaban J connectivity index is 1.49. The summed E-state index contributed by atoms with van der Waals surface area (Å²) in [7, 11) is 0. The Morgan fingerprint density at radius 1 is 1.04 bits per heavy atom. The van der Waals surface area contributed by atoms with Gasteiger partial charge in [-0.1, -0.05) is 12.2 Å². The molecule has 1 N–H and O–H groups in total. The molecule has 2 aliphatic rings. The third-order valence-corrected chi connectivity index (χ3v) is 5.21. The van der Waals surface area contributed by atoms with Gasteiger partial charge in [0.05, 0.1) is 5.92 Å². The average Bonchev–Trinajstić information content (AvgIpc) is 3.30. The molecule has 25 heavy (non-hydrogen) atoms. The molecule has 5 heteroatoms. The minimum absolute atomic E-state index is 0.0155. The number of carboxylic acids is 1. The number of anilines is 1. The first kappa shape index (κ1) is 15.7. The number of aliphatic carboxylic acids is 1. The lowest BCUT2D eigenvalue weighted by atomic mass is 9.82. The van der Waals surface area contributed by atoms with Crippen LogP contribution in [0.3, 0.4) is 0 Å². The van der Waals surface area contributed by atoms with E-state index in [1.54, 1.807) is 12.1 Å². The number of carbonyl (C=O) groups is 2. The number of rotatable bonds is 4. The minimum atomic E-state index is -1.14. The fourth-order valence-electron chi connectivity index (χ4n) is 4.03. The summed E-state index contributed by atoms with van der Waals surface area (Å²) < 4.78 is 5.58. The van der Waals surface area contributed by atoms with Crippen molar-refractivity contribution in [2.24, 2.45) is 23.7 Å². The van der Waals surface area contributed by atoms with Crippen molar-refractivity contribution in [3.05, 3.63) is 54.3 Å². The highest BCUT2D eigenvalue weighted by Crippen LogP contribution is 2.48. The first-order valence-electron chi connectivity index (χ1n) is 8.40. The van der Waals surface area contributed by atoms with E-state index >= 15 is 0 Å². The summed E-state index contributed by atoms with van der Waals surface area (Å²) in [6.45, 7) is 1.88. The van der Waals surface area contributed by atoms with Gasteiger partial charge in [-0.2, -0.15) is 0 Å². The maximum Gasteiger partial charge on any atom is 0.228 e. The zero-order valence-corrected chi connectivity index (χ0v) is 13.8. The van der Waals surface area contributed by atoms with Crippen LogP contribution < -0.4 is 10.4 Å². The smallest absolute Gasteiger partial charge is 0.228 e. The summed E-state index contributed by atoms with van der Waals surface area (Å²) in [5, 5.41) is 14.3. The molecule has 0 saturated heterocycles. The normalized spacial score (nSPS) is 26.8. The minimum Gasteiger partial charge on any atom is -0.550 e. The van der Waals surface area contributed by atoms with Gasteiger partial charge in [-0.15, -0.1) is 0 Å². The third kappa shape index (κ3) is 2.76. The summed E-state index contributed by atoms with van der Waals surface area (Å²) in [5.41, 5.74) is 1.56. The van der Waals surface area contributed by atoms with E-state index in [0.717, 1.165) is 17.1 Å². The van der Waals surface area contributed by atoms with E-state index < -0.39 is 17.8 Å². The van der Waals surface area contributed by atoms with Crippen LogP contribution in [0.2, 0.25) is 0 Å². The maximum absolute atomic E-state index is 12.6. The molecule has 0 unspecified atom stereocenters. The highest BCUT2D eigenvalue weighted by atomic mass is 16.4. The number of furan rings is 1. The van der Waals surface area contributed by atoms with Crippen molar-refractivity contribution in [3.8, 4) is 11.3 Å². The van der Waals surface area contributed by atoms with E-state index in [4.69, 9.17) is 4.42 Å². The molecule has 5 nitrogen and oxygen atoms in total. The van der Waals surface area contributed by atoms with Crippen molar-refractivity contribution < 1.29 is 19.1 Å². The molecule has 4 rings (SSSR count). The van der Waals surface area contributed by atoms with Crippen LogP contribution in [0.15, 0.2) is 53.0 Å². The van der Waals surface area contributed by atoms with Crippen molar-refractivity contribution in [3.63, 3.8) is 0 Å². The molecular weight excluding hydrogens is 318 g/mol. The molecule has 2 aliphatic carbocycles. The third-order valence-electron chi connectivity index (χ3n) is 5.21. The van der Waals surface area contributed by atoms with Crippen molar-refractivity contribution >= 4 is 17.6 Å². The molecule has 4 atom stereocenters. The fraction of sp³-hybridized carbons (Fsp3) is 0.300. The van der Waals surface area contributed by atoms with Crippen LogP contribution in [0.1, 0.15) is 12.2 Å². The molecule has 0 spiro atoms. The molecule has 1 saturated carbocycles. The predicted molar refractivity (Wildman–Crippen MR) is 90.2 cm³/mol. The number of amides is 1. The Labute approximate surface area is 145 Å². The lowest BCUT2D eigenvalue weighted by Crippen LogP contribution is -2.42. The van der Waals surface area contributed by atoms with Gasteiger partial charge in [0.25, 0.3) is 0 Å². The van der Waals surface area contributed by atoms with Gasteiger partial charge >= 0.3 is 0 Å². The molecule has 1 amide bonds. The first-order chi connectivity index (χ1) is 12.0. The van der Waals surface area contributed by atoms with Gasteiger partial charge in [0, 0.05) is 23.1 Å². The molecule has 0 aliphatic heterocycles. The number of hydrogen-bond donors (Lipinski definition) is 1. The van der Waals surface area contributed by atoms with E-state index in [1.165, 1.54) is 0 Å². The van der Waals surface area contributed by atoms with Crippen LogP contribution in [-0.2, 0) is 9.59 Å². The molecule has 1 aromatic carbocycles. The van der Waals surface area contributed by atoms with E-state index in [0.29, 0.717) is 12.1 Å². The van der Waals surface area contributed by atoms with Gasteiger partial charge in [-0.3, -0.25) is 4.79 Å². The van der Waals surface area contributed by atoms with Crippen LogP contribution in [0, 0.1) is 30.6 Å². The lowest BCUT2D eigenvalue weighted by Gasteiger charge is -2.27. The average molecular weight is 336 g/mol. The largest absolute Gasteiger partial charge is 0.550 e. The Kier molecular flexibility index (Phi) is 3.71. The van der Waals surface area contributed by atoms with E-state index in [-0.39, 0.29) is 17.7 Å². The fourth-order valence-corrected chi connectivity index (χ4v) is 4.03. The molecule has 0 radical (unpaired) electrons. The van der Waals surface area contributed by atoms with E-state index in [9.17, 15) is 14.7 Å². The number of benzene rings is 1. The maximum atomic E-state index is 12.6. The molecule has 1 heterocycles. The Morgan fingerprint density at radius 2 is 1.72 bits per heavy atom. The van der Waals surface area contributed by atoms with Gasteiger partial charge in [0.1, 0.15) is 11.5 Å². The number of fused-ring (bicyclic) bond motifs is 2. The molecular formula is C20H18NO4-. The second-order valence-electron chi connectivity index (χ2n) is 6.80. The van der Waals surface area contributed by atoms with Gasteiger partial charge in [0.2, 0.25) is 5.91 Å². The van der Waals surface area contributed by atoms with Crippen LogP contribution in [0.4, 0.5) is 5.69 Å². The van der Waals surface area contributed by atoms with Gasteiger partial charge in [-0.05, 0) is 61.6 Å². The SMILES string of the molecule is Cc1ccc(-c2ccc(NC(=O)[C@H]3[C@@H](C(=O)[O-])[C@@H]4C=C[C@H]3C4)cc2)o1. The Hall–Kier alpha value is -2.82. The van der Waals surface area contributed by atoms with E-state index in [1.807, 2.05) is 43.3 Å². The topological polar surface area (TPSA) is 82.4 Å². The van der Waals surface area contributed by atoms with Crippen molar-refractivity contribution in [1.29, 1.82) is 0 Å². The van der Waals surface area contributed by atoms with Crippen LogP contribution >= 0.6 is 0 Å². The highest BCUT2D eigenvalue weighted by Gasteiger charge is 2.48. The number of carboxylic acid groups (broad SMARTS) is 1. The molecule has 128 valence electrons. The van der Waals surface area contributed by atoms with Crippen LogP contribution in [0.5, 0.6) is 0 Å². The zero-order chi connectivity index (χ0) is 17.6. The predicted octanol–water partition coefficient (Wildman–Crippen LogP) is 2.38. The summed E-state index contributed by atoms with van der Waals surface area (Å²) >= 11 is 0. The van der Waals surface area contributed by atoms with Gasteiger partial charge < -0.3 is 19.6 Å². The summed E-state index contributed by atoms with van der Waals surface area (Å²) in [5.74, 6) is -1.19. The highest BCUT2D eigenvalue weighted by molar-refractivity contribution is 5.96.